The molecular weight excluding hydrogens is 411 g/mol. The Kier molecular flexibility index (Phi) is 5.71. The predicted molar refractivity (Wildman–Crippen MR) is 89.4 cm³/mol. The highest BCUT2D eigenvalue weighted by atomic mass is 79.9. The van der Waals surface area contributed by atoms with Crippen molar-refractivity contribution in [2.75, 3.05) is 19.0 Å². The first-order valence-electron chi connectivity index (χ1n) is 7.00. The van der Waals surface area contributed by atoms with Crippen LogP contribution in [0.15, 0.2) is 27.6 Å². The first kappa shape index (κ1) is 18.6. The van der Waals surface area contributed by atoms with Crippen molar-refractivity contribution in [3.63, 3.8) is 0 Å². The minimum absolute atomic E-state index is 0.0772. The zero-order valence-electron chi connectivity index (χ0n) is 12.5. The summed E-state index contributed by atoms with van der Waals surface area (Å²) in [5.74, 6) is -1.03. The van der Waals surface area contributed by atoms with Gasteiger partial charge in [-0.15, -0.1) is 11.6 Å². The lowest BCUT2D eigenvalue weighted by molar-refractivity contribution is -0.120. The van der Waals surface area contributed by atoms with Gasteiger partial charge in [-0.1, -0.05) is 0 Å². The molecule has 1 saturated heterocycles. The van der Waals surface area contributed by atoms with E-state index in [9.17, 15) is 17.6 Å². The third kappa shape index (κ3) is 4.23. The zero-order chi connectivity index (χ0) is 17.3. The molecule has 1 heterocycles. The van der Waals surface area contributed by atoms with Crippen LogP contribution in [0.25, 0.3) is 0 Å². The Morgan fingerprint density at radius 3 is 2.57 bits per heavy atom. The second-order valence-electron chi connectivity index (χ2n) is 5.72. The molecule has 1 fully saturated rings. The number of piperidine rings is 1. The molecule has 23 heavy (non-hydrogen) atoms. The van der Waals surface area contributed by atoms with Crippen LogP contribution in [0.4, 0.5) is 4.39 Å². The van der Waals surface area contributed by atoms with Gasteiger partial charge in [0.25, 0.3) is 0 Å². The van der Waals surface area contributed by atoms with Gasteiger partial charge in [-0.05, 0) is 53.9 Å². The monoisotopic (exact) mass is 426 g/mol. The van der Waals surface area contributed by atoms with Gasteiger partial charge in [0, 0.05) is 18.6 Å². The largest absolute Gasteiger partial charge is 0.350 e. The molecule has 0 unspecified atom stereocenters. The van der Waals surface area contributed by atoms with E-state index in [2.05, 4.69) is 21.2 Å². The molecule has 0 bridgehead atoms. The van der Waals surface area contributed by atoms with Crippen molar-refractivity contribution >= 4 is 43.5 Å². The highest BCUT2D eigenvalue weighted by molar-refractivity contribution is 9.10. The van der Waals surface area contributed by atoms with Crippen molar-refractivity contribution in [2.24, 2.45) is 0 Å². The topological polar surface area (TPSA) is 66.5 Å². The van der Waals surface area contributed by atoms with E-state index in [1.165, 1.54) is 16.4 Å². The summed E-state index contributed by atoms with van der Waals surface area (Å²) in [4.78, 5) is 11.4. The van der Waals surface area contributed by atoms with Gasteiger partial charge in [0.15, 0.2) is 0 Å². The van der Waals surface area contributed by atoms with E-state index in [1.54, 1.807) is 0 Å². The van der Waals surface area contributed by atoms with Crippen LogP contribution in [0.2, 0.25) is 0 Å². The van der Waals surface area contributed by atoms with Crippen LogP contribution >= 0.6 is 27.5 Å². The Balaban J connectivity index is 2.12. The summed E-state index contributed by atoms with van der Waals surface area (Å²) >= 11 is 8.49. The van der Waals surface area contributed by atoms with Crippen molar-refractivity contribution in [3.8, 4) is 0 Å². The summed E-state index contributed by atoms with van der Waals surface area (Å²) in [6, 6.07) is 3.74. The SMILES string of the molecule is CC1(NC(=O)CCl)CCN(S(=O)(=O)c2ccc(Br)c(F)c2)CC1. The van der Waals surface area contributed by atoms with Crippen LogP contribution in [-0.2, 0) is 14.8 Å². The molecule has 5 nitrogen and oxygen atoms in total. The van der Waals surface area contributed by atoms with Crippen LogP contribution in [0.5, 0.6) is 0 Å². The van der Waals surface area contributed by atoms with Crippen molar-refractivity contribution in [3.05, 3.63) is 28.5 Å². The van der Waals surface area contributed by atoms with Crippen molar-refractivity contribution in [1.29, 1.82) is 0 Å². The molecule has 0 atom stereocenters. The lowest BCUT2D eigenvalue weighted by Crippen LogP contribution is -2.54. The lowest BCUT2D eigenvalue weighted by Gasteiger charge is -2.39. The Morgan fingerprint density at radius 1 is 1.43 bits per heavy atom. The third-order valence-electron chi connectivity index (χ3n) is 3.92. The molecule has 1 aromatic rings. The summed E-state index contributed by atoms with van der Waals surface area (Å²) in [6.07, 6.45) is 0.932. The van der Waals surface area contributed by atoms with Gasteiger partial charge in [0.1, 0.15) is 11.7 Å². The standard InChI is InChI=1S/C14H17BrClFN2O3S/c1-14(18-13(20)9-16)4-6-19(7-5-14)23(21,22)10-2-3-11(15)12(17)8-10/h2-3,8H,4-7,9H2,1H3,(H,18,20). The minimum atomic E-state index is -3.75. The number of nitrogens with zero attached hydrogens (tertiary/aromatic N) is 1. The molecule has 1 aliphatic rings. The molecule has 1 amide bonds. The second-order valence-corrected chi connectivity index (χ2v) is 8.78. The van der Waals surface area contributed by atoms with Gasteiger partial charge in [-0.25, -0.2) is 12.8 Å². The number of sulfonamides is 1. The first-order valence-corrected chi connectivity index (χ1v) is 9.77. The Morgan fingerprint density at radius 2 is 2.04 bits per heavy atom. The number of carbonyl (C=O) groups is 1. The third-order valence-corrected chi connectivity index (χ3v) is 6.70. The number of alkyl halides is 1. The number of carbonyl (C=O) groups excluding carboxylic acids is 1. The fraction of sp³-hybridized carbons (Fsp3) is 0.500. The molecule has 0 aromatic heterocycles. The first-order chi connectivity index (χ1) is 10.7. The molecule has 0 spiro atoms. The van der Waals surface area contributed by atoms with Crippen molar-refractivity contribution in [1.82, 2.24) is 9.62 Å². The maximum atomic E-state index is 13.6. The van der Waals surface area contributed by atoms with Crippen LogP contribution < -0.4 is 5.32 Å². The highest BCUT2D eigenvalue weighted by Gasteiger charge is 2.36. The average Bonchev–Trinajstić information content (AvgIpc) is 2.49. The van der Waals surface area contributed by atoms with Gasteiger partial charge in [0.2, 0.25) is 15.9 Å². The summed E-state index contributed by atoms with van der Waals surface area (Å²) < 4.78 is 40.3. The van der Waals surface area contributed by atoms with Crippen molar-refractivity contribution in [2.45, 2.75) is 30.2 Å². The number of halogens is 3. The van der Waals surface area contributed by atoms with Crippen LogP contribution in [0.1, 0.15) is 19.8 Å². The molecule has 1 aromatic carbocycles. The van der Waals surface area contributed by atoms with E-state index in [1.807, 2.05) is 6.92 Å². The number of rotatable bonds is 4. The number of nitrogens with one attached hydrogen (secondary N) is 1. The quantitative estimate of drug-likeness (QED) is 0.751. The van der Waals surface area contributed by atoms with E-state index >= 15 is 0 Å². The van der Waals surface area contributed by atoms with E-state index < -0.39 is 21.4 Å². The molecule has 0 aliphatic carbocycles. The summed E-state index contributed by atoms with van der Waals surface area (Å²) in [5.41, 5.74) is -0.483. The fourth-order valence-electron chi connectivity index (χ4n) is 2.50. The molecule has 2 rings (SSSR count). The smallest absolute Gasteiger partial charge is 0.243 e. The van der Waals surface area contributed by atoms with Gasteiger partial charge >= 0.3 is 0 Å². The molecule has 0 radical (unpaired) electrons. The molecule has 1 aliphatic heterocycles. The molecule has 9 heteroatoms. The number of amides is 1. The normalized spacial score (nSPS) is 18.6. The van der Waals surface area contributed by atoms with Crippen LogP contribution in [0, 0.1) is 5.82 Å². The van der Waals surface area contributed by atoms with Crippen molar-refractivity contribution < 1.29 is 17.6 Å². The van der Waals surface area contributed by atoms with E-state index in [0.29, 0.717) is 12.8 Å². The predicted octanol–water partition coefficient (Wildman–Crippen LogP) is 2.49. The van der Waals surface area contributed by atoms with E-state index in [-0.39, 0.29) is 34.2 Å². The zero-order valence-corrected chi connectivity index (χ0v) is 15.6. The summed E-state index contributed by atoms with van der Waals surface area (Å²) in [5, 5.41) is 2.81. The van der Waals surface area contributed by atoms with E-state index in [0.717, 1.165) is 6.07 Å². The fourth-order valence-corrected chi connectivity index (χ4v) is 4.27. The Hall–Kier alpha value is -0.700. The van der Waals surface area contributed by atoms with Gasteiger partial charge < -0.3 is 5.32 Å². The van der Waals surface area contributed by atoms with Gasteiger partial charge in [-0.2, -0.15) is 4.31 Å². The minimum Gasteiger partial charge on any atom is -0.350 e. The highest BCUT2D eigenvalue weighted by Crippen LogP contribution is 2.28. The summed E-state index contributed by atoms with van der Waals surface area (Å²) in [6.45, 7) is 2.36. The van der Waals surface area contributed by atoms with Gasteiger partial charge in [0.05, 0.1) is 9.37 Å². The Labute approximate surface area is 148 Å². The maximum Gasteiger partial charge on any atom is 0.243 e. The van der Waals surface area contributed by atoms with Gasteiger partial charge in [-0.3, -0.25) is 4.79 Å². The van der Waals surface area contributed by atoms with Crippen LogP contribution in [-0.4, -0.2) is 43.1 Å². The second kappa shape index (κ2) is 7.04. The Bertz CT molecular complexity index is 706. The summed E-state index contributed by atoms with van der Waals surface area (Å²) in [7, 11) is -3.75. The molecule has 1 N–H and O–H groups in total. The molecule has 0 saturated carbocycles. The number of hydrogen-bond donors (Lipinski definition) is 1. The number of benzene rings is 1. The van der Waals surface area contributed by atoms with Crippen LogP contribution in [0.3, 0.4) is 0 Å². The van der Waals surface area contributed by atoms with E-state index in [4.69, 9.17) is 11.6 Å². The maximum absolute atomic E-state index is 13.6. The molecule has 128 valence electrons. The number of hydrogen-bond acceptors (Lipinski definition) is 3. The lowest BCUT2D eigenvalue weighted by atomic mass is 9.90. The molecular formula is C14H17BrClFN2O3S. The average molecular weight is 428 g/mol.